The second kappa shape index (κ2) is 6.94. The van der Waals surface area contributed by atoms with Crippen LogP contribution in [0.4, 0.5) is 0 Å². The Morgan fingerprint density at radius 2 is 0.800 bits per heavy atom. The summed E-state index contributed by atoms with van der Waals surface area (Å²) in [6.45, 7) is 0. The Morgan fingerprint density at radius 1 is 0.343 bits per heavy atom. The van der Waals surface area contributed by atoms with E-state index in [2.05, 4.69) is 132 Å². The zero-order valence-corrected chi connectivity index (χ0v) is 19.1. The van der Waals surface area contributed by atoms with Crippen molar-refractivity contribution >= 4 is 44.2 Å². The molecule has 0 unspecified atom stereocenters. The first kappa shape index (κ1) is 18.8. The molecule has 0 aliphatic heterocycles. The largest absolute Gasteiger partial charge is 0.308 e. The van der Waals surface area contributed by atoms with Gasteiger partial charge in [0.25, 0.3) is 0 Å². The van der Waals surface area contributed by atoms with Crippen molar-refractivity contribution in [1.82, 2.24) is 4.57 Å². The molecule has 2 aliphatic rings. The fourth-order valence-corrected chi connectivity index (χ4v) is 6.17. The average Bonchev–Trinajstić information content (AvgIpc) is 3.55. The van der Waals surface area contributed by atoms with Gasteiger partial charge in [-0.3, -0.25) is 0 Å². The molecule has 2 aliphatic carbocycles. The summed E-state index contributed by atoms with van der Waals surface area (Å²) in [4.78, 5) is 0. The summed E-state index contributed by atoms with van der Waals surface area (Å²) in [5.41, 5.74) is 14.3. The molecule has 6 aromatic rings. The summed E-state index contributed by atoms with van der Waals surface area (Å²) < 4.78 is 2.50. The van der Waals surface area contributed by atoms with Crippen LogP contribution >= 0.6 is 0 Å². The molecule has 0 spiro atoms. The van der Waals surface area contributed by atoms with Gasteiger partial charge in [-0.05, 0) is 40.0 Å². The summed E-state index contributed by atoms with van der Waals surface area (Å²) >= 11 is 0. The van der Waals surface area contributed by atoms with Gasteiger partial charge in [-0.2, -0.15) is 0 Å². The van der Waals surface area contributed by atoms with Gasteiger partial charge in [0.2, 0.25) is 0 Å². The van der Waals surface area contributed by atoms with Gasteiger partial charge >= 0.3 is 0 Å². The highest BCUT2D eigenvalue weighted by molar-refractivity contribution is 6.34. The van der Waals surface area contributed by atoms with Crippen LogP contribution in [0.25, 0.3) is 44.2 Å². The zero-order valence-electron chi connectivity index (χ0n) is 19.1. The van der Waals surface area contributed by atoms with Crippen LogP contribution in [-0.2, 0) is 0 Å². The van der Waals surface area contributed by atoms with E-state index in [0.717, 1.165) is 0 Å². The van der Waals surface area contributed by atoms with Gasteiger partial charge in [-0.1, -0.05) is 115 Å². The highest BCUT2D eigenvalue weighted by Crippen LogP contribution is 2.58. The predicted molar refractivity (Wildman–Crippen MR) is 147 cm³/mol. The Morgan fingerprint density at radius 3 is 1.43 bits per heavy atom. The summed E-state index contributed by atoms with van der Waals surface area (Å²) in [5.74, 6) is 0. The molecule has 0 radical (unpaired) electrons. The number of hydrogen-bond acceptors (Lipinski definition) is 0. The first-order valence-corrected chi connectivity index (χ1v) is 12.1. The van der Waals surface area contributed by atoms with Crippen LogP contribution in [0.3, 0.4) is 0 Å². The summed E-state index contributed by atoms with van der Waals surface area (Å²) in [7, 11) is 0. The van der Waals surface area contributed by atoms with E-state index in [1.54, 1.807) is 0 Å². The molecule has 0 saturated carbocycles. The maximum atomic E-state index is 2.50. The van der Waals surface area contributed by atoms with E-state index in [1.807, 2.05) is 0 Å². The van der Waals surface area contributed by atoms with Crippen LogP contribution in [0.15, 0.2) is 127 Å². The topological polar surface area (TPSA) is 4.93 Å². The molecule has 5 aromatic carbocycles. The quantitative estimate of drug-likeness (QED) is 0.253. The molecule has 0 saturated heterocycles. The lowest BCUT2D eigenvalue weighted by Gasteiger charge is -2.14. The lowest BCUT2D eigenvalue weighted by molar-refractivity contribution is 1.23. The SMILES string of the molecule is c1ccc(C2=C3C(=C(n4c5ccccc5c5ccccc54)c4ccccc43)c3ccccc32)cc1. The fourth-order valence-electron chi connectivity index (χ4n) is 6.17. The van der Waals surface area contributed by atoms with E-state index >= 15 is 0 Å². The van der Waals surface area contributed by atoms with Crippen LogP contribution in [0, 0.1) is 0 Å². The second-order valence-electron chi connectivity index (χ2n) is 9.30. The molecule has 0 atom stereocenters. The molecule has 162 valence electrons. The monoisotopic (exact) mass is 443 g/mol. The van der Waals surface area contributed by atoms with E-state index in [1.165, 1.54) is 72.0 Å². The number of allylic oxidation sites excluding steroid dienone is 2. The van der Waals surface area contributed by atoms with Crippen molar-refractivity contribution in [3.05, 3.63) is 155 Å². The van der Waals surface area contributed by atoms with Crippen molar-refractivity contribution in [2.45, 2.75) is 0 Å². The molecule has 1 aromatic heterocycles. The molecule has 1 heteroatoms. The van der Waals surface area contributed by atoms with Gasteiger partial charge < -0.3 is 4.57 Å². The minimum atomic E-state index is 1.25. The number of aromatic nitrogens is 1. The smallest absolute Gasteiger partial charge is 0.0625 e. The van der Waals surface area contributed by atoms with E-state index in [-0.39, 0.29) is 0 Å². The van der Waals surface area contributed by atoms with Crippen LogP contribution in [-0.4, -0.2) is 4.57 Å². The third-order valence-electron chi connectivity index (χ3n) is 7.52. The third kappa shape index (κ3) is 2.42. The normalized spacial score (nSPS) is 14.1. The Bertz CT molecular complexity index is 1830. The van der Waals surface area contributed by atoms with Crippen molar-refractivity contribution in [2.75, 3.05) is 0 Å². The lowest BCUT2D eigenvalue weighted by Crippen LogP contribution is -1.99. The average molecular weight is 444 g/mol. The van der Waals surface area contributed by atoms with Crippen molar-refractivity contribution in [3.63, 3.8) is 0 Å². The minimum Gasteiger partial charge on any atom is -0.308 e. The third-order valence-corrected chi connectivity index (χ3v) is 7.52. The Labute approximate surface area is 203 Å². The van der Waals surface area contributed by atoms with Gasteiger partial charge in [0.15, 0.2) is 0 Å². The molecule has 1 heterocycles. The van der Waals surface area contributed by atoms with Crippen LogP contribution in [0.1, 0.15) is 27.8 Å². The first-order valence-electron chi connectivity index (χ1n) is 12.1. The van der Waals surface area contributed by atoms with Crippen LogP contribution in [0.2, 0.25) is 0 Å². The number of fused-ring (bicyclic) bond motifs is 8. The predicted octanol–water partition coefficient (Wildman–Crippen LogP) is 8.50. The standard InChI is InChI=1S/C34H21N/c1-2-12-22(13-3-1)31-25-16-4-5-17-26(25)33-32(31)27-18-6-7-19-28(27)34(33)35-29-20-10-8-14-23(29)24-15-9-11-21-30(24)35/h1-21H. The molecule has 35 heavy (non-hydrogen) atoms. The molecule has 8 rings (SSSR count). The highest BCUT2D eigenvalue weighted by Gasteiger charge is 2.38. The number of para-hydroxylation sites is 2. The van der Waals surface area contributed by atoms with Crippen LogP contribution in [0.5, 0.6) is 0 Å². The van der Waals surface area contributed by atoms with E-state index in [0.29, 0.717) is 0 Å². The zero-order chi connectivity index (χ0) is 22.9. The summed E-state index contributed by atoms with van der Waals surface area (Å²) in [5, 5.41) is 2.58. The fraction of sp³-hybridized carbons (Fsp3) is 0. The Hall–Kier alpha value is -4.62. The van der Waals surface area contributed by atoms with Crippen molar-refractivity contribution < 1.29 is 0 Å². The van der Waals surface area contributed by atoms with Gasteiger partial charge in [-0.15, -0.1) is 0 Å². The Balaban J connectivity index is 1.60. The van der Waals surface area contributed by atoms with Crippen molar-refractivity contribution in [1.29, 1.82) is 0 Å². The molecular weight excluding hydrogens is 422 g/mol. The Kier molecular flexibility index (Phi) is 3.72. The molecular formula is C34H21N. The number of rotatable bonds is 2. The molecule has 0 fully saturated rings. The highest BCUT2D eigenvalue weighted by atomic mass is 15.0. The van der Waals surface area contributed by atoms with Gasteiger partial charge in [-0.25, -0.2) is 0 Å². The maximum Gasteiger partial charge on any atom is 0.0625 e. The minimum absolute atomic E-state index is 1.25. The van der Waals surface area contributed by atoms with Crippen molar-refractivity contribution in [3.8, 4) is 0 Å². The molecule has 1 nitrogen and oxygen atoms in total. The van der Waals surface area contributed by atoms with E-state index < -0.39 is 0 Å². The van der Waals surface area contributed by atoms with Gasteiger partial charge in [0.1, 0.15) is 0 Å². The molecule has 0 bridgehead atoms. The first-order chi connectivity index (χ1) is 17.4. The van der Waals surface area contributed by atoms with Gasteiger partial charge in [0, 0.05) is 27.5 Å². The number of hydrogen-bond donors (Lipinski definition) is 0. The van der Waals surface area contributed by atoms with E-state index in [9.17, 15) is 0 Å². The summed E-state index contributed by atoms with van der Waals surface area (Å²) in [6, 6.07) is 46.3. The molecule has 0 N–H and O–H groups in total. The lowest BCUT2D eigenvalue weighted by atomic mass is 9.94. The summed E-state index contributed by atoms with van der Waals surface area (Å²) in [6.07, 6.45) is 0. The van der Waals surface area contributed by atoms with Crippen LogP contribution < -0.4 is 0 Å². The number of nitrogens with zero attached hydrogens (tertiary/aromatic N) is 1. The number of benzene rings is 5. The molecule has 0 amide bonds. The van der Waals surface area contributed by atoms with Crippen molar-refractivity contribution in [2.24, 2.45) is 0 Å². The van der Waals surface area contributed by atoms with Gasteiger partial charge in [0.05, 0.1) is 16.7 Å². The maximum absolute atomic E-state index is 2.50. The second-order valence-corrected chi connectivity index (χ2v) is 9.30. The van der Waals surface area contributed by atoms with E-state index in [4.69, 9.17) is 0 Å².